The molecule has 0 aliphatic carbocycles. The molecule has 0 atom stereocenters. The molecule has 1 N–H and O–H groups in total. The van der Waals surface area contributed by atoms with Crippen LogP contribution < -0.4 is 0 Å². The molecular formula is C22H14N2O. The number of phenolic OH excluding ortho intramolecular Hbond substituents is 1. The van der Waals surface area contributed by atoms with Gasteiger partial charge < -0.3 is 5.11 Å². The Hall–Kier alpha value is -3.46. The van der Waals surface area contributed by atoms with Gasteiger partial charge in [0.2, 0.25) is 0 Å². The molecule has 0 spiro atoms. The van der Waals surface area contributed by atoms with Crippen molar-refractivity contribution >= 4 is 22.1 Å². The second-order valence-electron chi connectivity index (χ2n) is 6.16. The van der Waals surface area contributed by atoms with Gasteiger partial charge in [-0.25, -0.2) is 0 Å². The minimum absolute atomic E-state index is 0.322. The van der Waals surface area contributed by atoms with Gasteiger partial charge in [-0.2, -0.15) is 5.11 Å². The molecule has 1 heterocycles. The number of azo groups is 1. The summed E-state index contributed by atoms with van der Waals surface area (Å²) in [4.78, 5) is 0. The largest absolute Gasteiger partial charge is 0.507 e. The second kappa shape index (κ2) is 5.28. The molecule has 0 fully saturated rings. The van der Waals surface area contributed by atoms with E-state index in [2.05, 4.69) is 22.4 Å². The lowest BCUT2D eigenvalue weighted by atomic mass is 9.97. The molecule has 3 heteroatoms. The third-order valence-corrected chi connectivity index (χ3v) is 4.66. The van der Waals surface area contributed by atoms with Gasteiger partial charge in [0.1, 0.15) is 5.75 Å². The average molecular weight is 322 g/mol. The van der Waals surface area contributed by atoms with Crippen LogP contribution in [0, 0.1) is 0 Å². The first kappa shape index (κ1) is 13.9. The third-order valence-electron chi connectivity index (χ3n) is 4.66. The highest BCUT2D eigenvalue weighted by Gasteiger charge is 2.12. The summed E-state index contributed by atoms with van der Waals surface area (Å²) in [5, 5.41) is 20.8. The van der Waals surface area contributed by atoms with Crippen LogP contribution in [0.3, 0.4) is 0 Å². The smallest absolute Gasteiger partial charge is 0.131 e. The van der Waals surface area contributed by atoms with Crippen LogP contribution in [0.5, 0.6) is 5.75 Å². The molecule has 5 rings (SSSR count). The van der Waals surface area contributed by atoms with Crippen molar-refractivity contribution in [2.24, 2.45) is 10.2 Å². The van der Waals surface area contributed by atoms with E-state index in [1.807, 2.05) is 66.7 Å². The van der Waals surface area contributed by atoms with E-state index < -0.39 is 0 Å². The molecule has 0 saturated carbocycles. The fourth-order valence-corrected chi connectivity index (χ4v) is 3.34. The molecule has 0 unspecified atom stereocenters. The van der Waals surface area contributed by atoms with Crippen molar-refractivity contribution in [3.05, 3.63) is 78.9 Å². The Balaban J connectivity index is 1.58. The molecule has 1 aliphatic rings. The first-order chi connectivity index (χ1) is 12.3. The third kappa shape index (κ3) is 2.21. The Labute approximate surface area is 144 Å². The summed E-state index contributed by atoms with van der Waals surface area (Å²) < 4.78 is 0. The molecule has 4 aromatic carbocycles. The van der Waals surface area contributed by atoms with Crippen LogP contribution in [0.1, 0.15) is 0 Å². The van der Waals surface area contributed by atoms with Crippen molar-refractivity contribution in [3.63, 3.8) is 0 Å². The number of hydrogen-bond donors (Lipinski definition) is 1. The van der Waals surface area contributed by atoms with Crippen molar-refractivity contribution in [1.82, 2.24) is 0 Å². The number of nitrogens with zero attached hydrogens (tertiary/aromatic N) is 2. The van der Waals surface area contributed by atoms with Gasteiger partial charge in [-0.15, -0.1) is 5.11 Å². The van der Waals surface area contributed by atoms with Crippen LogP contribution in [0.15, 0.2) is 89.1 Å². The van der Waals surface area contributed by atoms with E-state index >= 15 is 0 Å². The molecule has 1 aliphatic heterocycles. The summed E-state index contributed by atoms with van der Waals surface area (Å²) >= 11 is 0. The lowest BCUT2D eigenvalue weighted by molar-refractivity contribution is 0.483. The van der Waals surface area contributed by atoms with Crippen molar-refractivity contribution in [1.29, 1.82) is 0 Å². The highest BCUT2D eigenvalue weighted by atomic mass is 16.3. The average Bonchev–Trinajstić information content (AvgIpc) is 3.04. The maximum atomic E-state index is 10.7. The van der Waals surface area contributed by atoms with Crippen LogP contribution in [-0.2, 0) is 0 Å². The van der Waals surface area contributed by atoms with Gasteiger partial charge >= 0.3 is 0 Å². The molecular weight excluding hydrogens is 308 g/mol. The molecule has 25 heavy (non-hydrogen) atoms. The number of aromatic hydroxyl groups is 1. The number of fused-ring (bicyclic) bond motifs is 3. The SMILES string of the molecule is Oc1c(-c2ccc(-c3ccc4cc3N=N4)cc2)ccc2ccccc12. The van der Waals surface area contributed by atoms with E-state index in [-0.39, 0.29) is 0 Å². The van der Waals surface area contributed by atoms with Gasteiger partial charge in [0.25, 0.3) is 0 Å². The van der Waals surface area contributed by atoms with E-state index in [0.717, 1.165) is 44.4 Å². The highest BCUT2D eigenvalue weighted by Crippen LogP contribution is 2.40. The summed E-state index contributed by atoms with van der Waals surface area (Å²) in [6.45, 7) is 0. The lowest BCUT2D eigenvalue weighted by Gasteiger charge is -2.09. The monoisotopic (exact) mass is 322 g/mol. The van der Waals surface area contributed by atoms with Gasteiger partial charge in [-0.3, -0.25) is 0 Å². The Morgan fingerprint density at radius 1 is 0.640 bits per heavy atom. The first-order valence-electron chi connectivity index (χ1n) is 8.17. The van der Waals surface area contributed by atoms with Gasteiger partial charge in [0, 0.05) is 16.5 Å². The van der Waals surface area contributed by atoms with Gasteiger partial charge in [0.15, 0.2) is 0 Å². The molecule has 0 amide bonds. The number of benzene rings is 4. The van der Waals surface area contributed by atoms with Crippen molar-refractivity contribution in [2.75, 3.05) is 0 Å². The predicted octanol–water partition coefficient (Wildman–Crippen LogP) is 6.61. The minimum Gasteiger partial charge on any atom is -0.507 e. The highest BCUT2D eigenvalue weighted by molar-refractivity contribution is 5.95. The Morgan fingerprint density at radius 2 is 1.36 bits per heavy atom. The van der Waals surface area contributed by atoms with E-state index in [0.29, 0.717) is 5.75 Å². The Morgan fingerprint density at radius 3 is 2.20 bits per heavy atom. The van der Waals surface area contributed by atoms with Gasteiger partial charge in [-0.05, 0) is 34.7 Å². The maximum Gasteiger partial charge on any atom is 0.131 e. The number of rotatable bonds is 2. The summed E-state index contributed by atoms with van der Waals surface area (Å²) in [7, 11) is 0. The molecule has 2 bridgehead atoms. The van der Waals surface area contributed by atoms with E-state index in [1.54, 1.807) is 0 Å². The normalized spacial score (nSPS) is 12.0. The molecule has 118 valence electrons. The quantitative estimate of drug-likeness (QED) is 0.390. The fourth-order valence-electron chi connectivity index (χ4n) is 3.34. The minimum atomic E-state index is 0.322. The van der Waals surface area contributed by atoms with E-state index in [4.69, 9.17) is 0 Å². The Kier molecular flexibility index (Phi) is 2.94. The molecule has 3 nitrogen and oxygen atoms in total. The number of hydrogen-bond acceptors (Lipinski definition) is 3. The maximum absolute atomic E-state index is 10.7. The zero-order chi connectivity index (χ0) is 16.8. The number of phenols is 1. The molecule has 0 saturated heterocycles. The van der Waals surface area contributed by atoms with Gasteiger partial charge in [0.05, 0.1) is 11.4 Å². The first-order valence-corrected chi connectivity index (χ1v) is 8.17. The summed E-state index contributed by atoms with van der Waals surface area (Å²) in [5.74, 6) is 0.322. The van der Waals surface area contributed by atoms with Crippen LogP contribution in [0.2, 0.25) is 0 Å². The van der Waals surface area contributed by atoms with E-state index in [1.165, 1.54) is 0 Å². The Bertz CT molecular complexity index is 1140. The standard InChI is InChI=1S/C22H14N2O/c25-22-19-4-2-1-3-14(19)9-11-20(22)16-7-5-15(6-8-16)18-12-10-17-13-21(18)24-23-17/h1-13,25H. The van der Waals surface area contributed by atoms with Crippen LogP contribution in [0.4, 0.5) is 11.4 Å². The van der Waals surface area contributed by atoms with Crippen molar-refractivity contribution in [2.45, 2.75) is 0 Å². The molecule has 0 aromatic heterocycles. The van der Waals surface area contributed by atoms with Crippen LogP contribution >= 0.6 is 0 Å². The van der Waals surface area contributed by atoms with Crippen molar-refractivity contribution < 1.29 is 5.11 Å². The summed E-state index contributed by atoms with van der Waals surface area (Å²) in [6.07, 6.45) is 0. The van der Waals surface area contributed by atoms with Crippen LogP contribution in [-0.4, -0.2) is 5.11 Å². The second-order valence-corrected chi connectivity index (χ2v) is 6.16. The summed E-state index contributed by atoms with van der Waals surface area (Å²) in [6, 6.07) is 26.1. The predicted molar refractivity (Wildman–Crippen MR) is 101 cm³/mol. The lowest BCUT2D eigenvalue weighted by Crippen LogP contribution is -1.83. The fraction of sp³-hybridized carbons (Fsp3) is 0. The van der Waals surface area contributed by atoms with Crippen molar-refractivity contribution in [3.8, 4) is 28.0 Å². The van der Waals surface area contributed by atoms with Gasteiger partial charge in [-0.1, -0.05) is 60.7 Å². The topological polar surface area (TPSA) is 45.0 Å². The zero-order valence-corrected chi connectivity index (χ0v) is 13.3. The molecule has 0 radical (unpaired) electrons. The van der Waals surface area contributed by atoms with Crippen LogP contribution in [0.25, 0.3) is 33.0 Å². The zero-order valence-electron chi connectivity index (χ0n) is 13.3. The van der Waals surface area contributed by atoms with E-state index in [9.17, 15) is 5.11 Å². The molecule has 4 aromatic rings. The summed E-state index contributed by atoms with van der Waals surface area (Å²) in [5.41, 5.74) is 5.78.